The standard InChI is InChI=1S/C28H24Cl2F2N6O3/c1-3-22(24(39)9-16-4-6-21-17(8-16)12-36(34-21)15-27(31)32)37-13-25(41-2)20(11-28(37)40)19-10-18(29)5-7-23(19)38-14-26(30)33-35-38/h4-8,10-14,22,27H,3,9,15H2,1-2H3. The minimum Gasteiger partial charge on any atom is -0.495 e. The van der Waals surface area contributed by atoms with Crippen LogP contribution in [-0.4, -0.2) is 48.7 Å². The van der Waals surface area contributed by atoms with E-state index in [2.05, 4.69) is 15.4 Å². The maximum absolute atomic E-state index is 13.5. The number of aromatic nitrogens is 6. The summed E-state index contributed by atoms with van der Waals surface area (Å²) in [6.07, 6.45) is 2.43. The summed E-state index contributed by atoms with van der Waals surface area (Å²) in [5, 5.41) is 13.2. The predicted octanol–water partition coefficient (Wildman–Crippen LogP) is 5.79. The number of ether oxygens (including phenoxy) is 1. The normalized spacial score (nSPS) is 12.3. The number of carbonyl (C=O) groups excluding carboxylic acids is 1. The molecule has 0 spiro atoms. The zero-order valence-electron chi connectivity index (χ0n) is 22.0. The van der Waals surface area contributed by atoms with Gasteiger partial charge in [0, 0.05) is 40.2 Å². The topological polar surface area (TPSA) is 96.8 Å². The Kier molecular flexibility index (Phi) is 8.18. The van der Waals surface area contributed by atoms with Gasteiger partial charge in [0.2, 0.25) is 0 Å². The van der Waals surface area contributed by atoms with Crippen molar-refractivity contribution in [3.8, 4) is 22.6 Å². The quantitative estimate of drug-likeness (QED) is 0.201. The average molecular weight is 601 g/mol. The summed E-state index contributed by atoms with van der Waals surface area (Å²) in [7, 11) is 1.47. The Balaban J connectivity index is 1.47. The fourth-order valence-corrected chi connectivity index (χ4v) is 5.10. The van der Waals surface area contributed by atoms with Crippen molar-refractivity contribution in [1.82, 2.24) is 29.3 Å². The van der Waals surface area contributed by atoms with Gasteiger partial charge in [-0.05, 0) is 42.3 Å². The van der Waals surface area contributed by atoms with Crippen molar-refractivity contribution >= 4 is 39.9 Å². The SMILES string of the molecule is CCC(C(=O)Cc1ccc2nn(CC(F)F)cc2c1)n1cc(OC)c(-c2cc(Cl)ccc2-n2cc(Cl)nn2)cc1=O. The molecule has 0 fully saturated rings. The van der Waals surface area contributed by atoms with Gasteiger partial charge in [0.1, 0.15) is 12.3 Å². The molecular formula is C28H24Cl2F2N6O3. The van der Waals surface area contributed by atoms with Crippen molar-refractivity contribution in [2.45, 2.75) is 38.8 Å². The molecule has 0 aliphatic rings. The molecule has 3 aromatic heterocycles. The Morgan fingerprint density at radius 2 is 1.85 bits per heavy atom. The number of nitrogens with zero attached hydrogens (tertiary/aromatic N) is 6. The van der Waals surface area contributed by atoms with Crippen molar-refractivity contribution in [1.29, 1.82) is 0 Å². The number of pyridine rings is 1. The number of fused-ring (bicyclic) bond motifs is 1. The molecule has 13 heteroatoms. The van der Waals surface area contributed by atoms with Crippen molar-refractivity contribution < 1.29 is 18.3 Å². The molecule has 212 valence electrons. The molecule has 41 heavy (non-hydrogen) atoms. The average Bonchev–Trinajstić information content (AvgIpc) is 3.54. The second-order valence-corrected chi connectivity index (χ2v) is 10.2. The van der Waals surface area contributed by atoms with Gasteiger partial charge in [-0.25, -0.2) is 13.5 Å². The highest BCUT2D eigenvalue weighted by molar-refractivity contribution is 6.31. The van der Waals surface area contributed by atoms with E-state index >= 15 is 0 Å². The molecule has 0 saturated heterocycles. The van der Waals surface area contributed by atoms with Gasteiger partial charge in [-0.3, -0.25) is 14.3 Å². The molecule has 5 rings (SSSR count). The number of rotatable bonds is 10. The van der Waals surface area contributed by atoms with Crippen LogP contribution in [0.5, 0.6) is 5.75 Å². The Bertz CT molecular complexity index is 1800. The third-order valence-electron chi connectivity index (χ3n) is 6.64. The van der Waals surface area contributed by atoms with Crippen LogP contribution in [0.2, 0.25) is 10.2 Å². The van der Waals surface area contributed by atoms with Gasteiger partial charge < -0.3 is 9.30 Å². The van der Waals surface area contributed by atoms with E-state index in [0.29, 0.717) is 50.5 Å². The first kappa shape index (κ1) is 28.4. The lowest BCUT2D eigenvalue weighted by Gasteiger charge is -2.20. The van der Waals surface area contributed by atoms with Crippen LogP contribution >= 0.6 is 23.2 Å². The number of alkyl halides is 2. The number of hydrogen-bond acceptors (Lipinski definition) is 6. The zero-order valence-corrected chi connectivity index (χ0v) is 23.5. The molecule has 1 atom stereocenters. The smallest absolute Gasteiger partial charge is 0.257 e. The first-order valence-electron chi connectivity index (χ1n) is 12.6. The van der Waals surface area contributed by atoms with E-state index in [1.54, 1.807) is 36.4 Å². The number of carbonyl (C=O) groups is 1. The number of ketones is 1. The summed E-state index contributed by atoms with van der Waals surface area (Å²) in [6, 6.07) is 10.9. The molecule has 0 aliphatic carbocycles. The van der Waals surface area contributed by atoms with Crippen LogP contribution in [0, 0.1) is 0 Å². The van der Waals surface area contributed by atoms with Gasteiger partial charge in [0.25, 0.3) is 12.0 Å². The molecule has 0 saturated carbocycles. The number of hydrogen-bond donors (Lipinski definition) is 0. The maximum Gasteiger partial charge on any atom is 0.257 e. The number of halogens is 4. The van der Waals surface area contributed by atoms with Crippen LogP contribution in [0.15, 0.2) is 65.8 Å². The van der Waals surface area contributed by atoms with E-state index in [4.69, 9.17) is 27.9 Å². The lowest BCUT2D eigenvalue weighted by atomic mass is 9.99. The first-order chi connectivity index (χ1) is 19.7. The summed E-state index contributed by atoms with van der Waals surface area (Å²) in [4.78, 5) is 26.9. The Morgan fingerprint density at radius 3 is 2.54 bits per heavy atom. The molecular weight excluding hydrogens is 577 g/mol. The number of benzene rings is 2. The van der Waals surface area contributed by atoms with E-state index in [1.165, 1.54) is 45.7 Å². The van der Waals surface area contributed by atoms with Crippen molar-refractivity contribution in [3.05, 3.63) is 87.1 Å². The monoisotopic (exact) mass is 600 g/mol. The van der Waals surface area contributed by atoms with E-state index in [0.717, 1.165) is 0 Å². The van der Waals surface area contributed by atoms with Gasteiger partial charge >= 0.3 is 0 Å². The summed E-state index contributed by atoms with van der Waals surface area (Å²) in [5.41, 5.74) is 2.40. The van der Waals surface area contributed by atoms with Crippen LogP contribution in [0.4, 0.5) is 8.78 Å². The summed E-state index contributed by atoms with van der Waals surface area (Å²) in [5.74, 6) is 0.155. The highest BCUT2D eigenvalue weighted by atomic mass is 35.5. The van der Waals surface area contributed by atoms with E-state index < -0.39 is 24.6 Å². The molecule has 2 aromatic carbocycles. The second-order valence-electron chi connectivity index (χ2n) is 9.35. The molecule has 5 aromatic rings. The number of Topliss-reactive ketones (excluding diaryl/α,β-unsaturated/α-hetero) is 1. The van der Waals surface area contributed by atoms with Crippen LogP contribution in [0.1, 0.15) is 24.9 Å². The van der Waals surface area contributed by atoms with Crippen molar-refractivity contribution in [2.75, 3.05) is 7.11 Å². The molecule has 1 unspecified atom stereocenters. The maximum atomic E-state index is 13.5. The van der Waals surface area contributed by atoms with Crippen LogP contribution < -0.4 is 10.3 Å². The fourth-order valence-electron chi connectivity index (χ4n) is 4.80. The third kappa shape index (κ3) is 6.01. The molecule has 0 amide bonds. The molecule has 9 nitrogen and oxygen atoms in total. The minimum absolute atomic E-state index is 0.0382. The highest BCUT2D eigenvalue weighted by Crippen LogP contribution is 2.35. The molecule has 3 heterocycles. The Labute approximate surface area is 242 Å². The van der Waals surface area contributed by atoms with Crippen LogP contribution in [0.25, 0.3) is 27.7 Å². The van der Waals surface area contributed by atoms with Gasteiger partial charge in [0.15, 0.2) is 10.9 Å². The third-order valence-corrected chi connectivity index (χ3v) is 7.05. The lowest BCUT2D eigenvalue weighted by molar-refractivity contribution is -0.121. The minimum atomic E-state index is -2.52. The lowest BCUT2D eigenvalue weighted by Crippen LogP contribution is -2.30. The Hall–Kier alpha value is -4.09. The van der Waals surface area contributed by atoms with Gasteiger partial charge in [-0.1, -0.05) is 41.4 Å². The second kappa shape index (κ2) is 11.8. The molecule has 0 aliphatic heterocycles. The first-order valence-corrected chi connectivity index (χ1v) is 13.4. The van der Waals surface area contributed by atoms with Gasteiger partial charge in [0.05, 0.1) is 36.7 Å². The van der Waals surface area contributed by atoms with Crippen LogP contribution in [-0.2, 0) is 17.8 Å². The summed E-state index contributed by atoms with van der Waals surface area (Å²) >= 11 is 12.3. The fraction of sp³-hybridized carbons (Fsp3) is 0.250. The summed E-state index contributed by atoms with van der Waals surface area (Å²) < 4.78 is 35.2. The number of methoxy groups -OCH3 is 1. The largest absolute Gasteiger partial charge is 0.495 e. The van der Waals surface area contributed by atoms with Gasteiger partial charge in [-0.15, -0.1) is 5.10 Å². The Morgan fingerprint density at radius 1 is 1.05 bits per heavy atom. The highest BCUT2D eigenvalue weighted by Gasteiger charge is 2.23. The summed E-state index contributed by atoms with van der Waals surface area (Å²) in [6.45, 7) is 1.31. The van der Waals surface area contributed by atoms with Crippen molar-refractivity contribution in [3.63, 3.8) is 0 Å². The molecule has 0 N–H and O–H groups in total. The van der Waals surface area contributed by atoms with E-state index in [1.807, 2.05) is 6.92 Å². The van der Waals surface area contributed by atoms with Crippen LogP contribution in [0.3, 0.4) is 0 Å². The van der Waals surface area contributed by atoms with Gasteiger partial charge in [-0.2, -0.15) is 5.10 Å². The molecule has 0 radical (unpaired) electrons. The van der Waals surface area contributed by atoms with Crippen molar-refractivity contribution in [2.24, 2.45) is 0 Å². The van der Waals surface area contributed by atoms with E-state index in [9.17, 15) is 18.4 Å². The molecule has 0 bridgehead atoms. The zero-order chi connectivity index (χ0) is 29.3. The van der Waals surface area contributed by atoms with E-state index in [-0.39, 0.29) is 17.4 Å². The predicted molar refractivity (Wildman–Crippen MR) is 151 cm³/mol.